The van der Waals surface area contributed by atoms with Gasteiger partial charge in [0.2, 0.25) is 5.91 Å². The molecular weight excluding hydrogens is 490 g/mol. The van der Waals surface area contributed by atoms with E-state index >= 15 is 0 Å². The number of carbonyl (C=O) groups excluding carboxylic acids is 2. The SMILES string of the molecule is Cn1c(CC(=O)O)nnc1SCC1=C(C(=O)O)N2C(=O)C(NC(=O)Cc3cccs3)[C@H]2SC1. The van der Waals surface area contributed by atoms with Gasteiger partial charge in [0.05, 0.1) is 6.42 Å². The number of carbonyl (C=O) groups is 4. The highest BCUT2D eigenvalue weighted by Crippen LogP contribution is 2.41. The topological polar surface area (TPSA) is 155 Å². The minimum absolute atomic E-state index is 0.0760. The zero-order valence-corrected chi connectivity index (χ0v) is 19.7. The molecule has 1 fully saturated rings. The number of carboxylic acids is 2. The fraction of sp³-hybridized carbons (Fsp3) is 0.368. The van der Waals surface area contributed by atoms with E-state index in [0.29, 0.717) is 16.5 Å². The van der Waals surface area contributed by atoms with Crippen molar-refractivity contribution in [2.45, 2.75) is 29.4 Å². The lowest BCUT2D eigenvalue weighted by atomic mass is 10.0. The van der Waals surface area contributed by atoms with Crippen molar-refractivity contribution in [1.82, 2.24) is 25.0 Å². The molecule has 11 nitrogen and oxygen atoms in total. The summed E-state index contributed by atoms with van der Waals surface area (Å²) in [6.45, 7) is 0. The number of hydrogen-bond donors (Lipinski definition) is 3. The average molecular weight is 510 g/mol. The number of nitrogens with one attached hydrogen (secondary N) is 1. The summed E-state index contributed by atoms with van der Waals surface area (Å²) in [4.78, 5) is 50.1. The molecule has 1 saturated heterocycles. The lowest BCUT2D eigenvalue weighted by Gasteiger charge is -2.49. The van der Waals surface area contributed by atoms with Crippen LogP contribution in [0.1, 0.15) is 10.7 Å². The quantitative estimate of drug-likeness (QED) is 0.323. The normalized spacial score (nSPS) is 19.8. The first-order chi connectivity index (χ1) is 15.8. The number of β-lactam (4-membered cyclic amide) rings is 1. The number of aromatic nitrogens is 3. The Bertz CT molecular complexity index is 1140. The van der Waals surface area contributed by atoms with Gasteiger partial charge in [0, 0.05) is 23.4 Å². The first kappa shape index (κ1) is 23.3. The summed E-state index contributed by atoms with van der Waals surface area (Å²) in [7, 11) is 1.64. The van der Waals surface area contributed by atoms with Gasteiger partial charge in [0.15, 0.2) is 5.16 Å². The van der Waals surface area contributed by atoms with E-state index in [1.807, 2.05) is 17.5 Å². The molecule has 14 heteroatoms. The third kappa shape index (κ3) is 4.77. The highest BCUT2D eigenvalue weighted by Gasteiger charge is 2.54. The molecule has 1 unspecified atom stereocenters. The molecule has 0 aromatic carbocycles. The Morgan fingerprint density at radius 3 is 2.73 bits per heavy atom. The van der Waals surface area contributed by atoms with Gasteiger partial charge in [0.25, 0.3) is 5.91 Å². The Hall–Kier alpha value is -2.84. The largest absolute Gasteiger partial charge is 0.481 e. The third-order valence-corrected chi connectivity index (χ3v) is 8.41. The number of aliphatic carboxylic acids is 2. The molecule has 0 radical (unpaired) electrons. The highest BCUT2D eigenvalue weighted by molar-refractivity contribution is 8.01. The van der Waals surface area contributed by atoms with E-state index in [9.17, 15) is 24.3 Å². The second kappa shape index (κ2) is 9.57. The molecule has 2 aliphatic rings. The summed E-state index contributed by atoms with van der Waals surface area (Å²) in [5, 5.41) is 31.1. The summed E-state index contributed by atoms with van der Waals surface area (Å²) < 4.78 is 1.55. The van der Waals surface area contributed by atoms with Crippen molar-refractivity contribution in [3.05, 3.63) is 39.5 Å². The summed E-state index contributed by atoms with van der Waals surface area (Å²) in [6.07, 6.45) is -0.101. The molecule has 174 valence electrons. The van der Waals surface area contributed by atoms with Crippen molar-refractivity contribution < 1.29 is 29.4 Å². The van der Waals surface area contributed by atoms with Crippen molar-refractivity contribution >= 4 is 58.6 Å². The van der Waals surface area contributed by atoms with E-state index in [1.165, 1.54) is 39.8 Å². The summed E-state index contributed by atoms with van der Waals surface area (Å²) in [5.41, 5.74) is 0.473. The highest BCUT2D eigenvalue weighted by atomic mass is 32.2. The second-order valence-electron chi connectivity index (χ2n) is 7.29. The van der Waals surface area contributed by atoms with E-state index in [-0.39, 0.29) is 36.0 Å². The van der Waals surface area contributed by atoms with Gasteiger partial charge in [-0.1, -0.05) is 17.8 Å². The number of fused-ring (bicyclic) bond motifs is 1. The van der Waals surface area contributed by atoms with Gasteiger partial charge < -0.3 is 20.1 Å². The maximum Gasteiger partial charge on any atom is 0.352 e. The Labute approximate surface area is 200 Å². The fourth-order valence-electron chi connectivity index (χ4n) is 3.50. The molecule has 4 rings (SSSR count). The van der Waals surface area contributed by atoms with Crippen molar-refractivity contribution in [2.75, 3.05) is 11.5 Å². The molecule has 0 spiro atoms. The van der Waals surface area contributed by atoms with E-state index in [4.69, 9.17) is 5.11 Å². The predicted molar refractivity (Wildman–Crippen MR) is 121 cm³/mol. The summed E-state index contributed by atoms with van der Waals surface area (Å²) in [5.74, 6) is -2.06. The van der Waals surface area contributed by atoms with Crippen LogP contribution < -0.4 is 5.32 Å². The molecule has 2 aromatic rings. The standard InChI is InChI=1S/C19H19N5O6S3/c1-23-11(6-13(26)27)21-22-19(23)33-8-9-7-32-17-14(16(28)24(17)15(9)18(29)30)20-12(25)5-10-3-2-4-31-10/h2-4,14,17H,5-8H2,1H3,(H,20,25)(H,26,27)(H,29,30)/t14?,17-/m1/s1. The monoisotopic (exact) mass is 509 g/mol. The van der Waals surface area contributed by atoms with Gasteiger partial charge in [-0.3, -0.25) is 19.3 Å². The van der Waals surface area contributed by atoms with Gasteiger partial charge in [0.1, 0.15) is 29.4 Å². The van der Waals surface area contributed by atoms with Gasteiger partial charge in [-0.2, -0.15) is 0 Å². The number of carboxylic acid groups (broad SMARTS) is 2. The molecule has 33 heavy (non-hydrogen) atoms. The van der Waals surface area contributed by atoms with Crippen LogP contribution in [-0.2, 0) is 39.1 Å². The molecule has 4 heterocycles. The zero-order chi connectivity index (χ0) is 23.7. The molecule has 3 N–H and O–H groups in total. The second-order valence-corrected chi connectivity index (χ2v) is 10.4. The van der Waals surface area contributed by atoms with Crippen LogP contribution in [0.2, 0.25) is 0 Å². The Kier molecular flexibility index (Phi) is 6.76. The smallest absolute Gasteiger partial charge is 0.352 e. The van der Waals surface area contributed by atoms with Gasteiger partial charge >= 0.3 is 11.9 Å². The van der Waals surface area contributed by atoms with Crippen LogP contribution >= 0.6 is 34.9 Å². The van der Waals surface area contributed by atoms with E-state index in [1.54, 1.807) is 11.6 Å². The van der Waals surface area contributed by atoms with E-state index < -0.39 is 29.3 Å². The first-order valence-electron chi connectivity index (χ1n) is 9.71. The zero-order valence-electron chi connectivity index (χ0n) is 17.3. The Morgan fingerprint density at radius 1 is 1.27 bits per heavy atom. The Morgan fingerprint density at radius 2 is 2.06 bits per heavy atom. The molecule has 0 aliphatic carbocycles. The molecule has 0 saturated carbocycles. The lowest BCUT2D eigenvalue weighted by molar-refractivity contribution is -0.150. The summed E-state index contributed by atoms with van der Waals surface area (Å²) in [6, 6.07) is 2.92. The maximum atomic E-state index is 12.7. The molecule has 2 aliphatic heterocycles. The lowest BCUT2D eigenvalue weighted by Crippen LogP contribution is -2.70. The van der Waals surface area contributed by atoms with Crippen molar-refractivity contribution in [1.29, 1.82) is 0 Å². The van der Waals surface area contributed by atoms with E-state index in [2.05, 4.69) is 15.5 Å². The Balaban J connectivity index is 1.43. The maximum absolute atomic E-state index is 12.7. The molecular formula is C19H19N5O6S3. The van der Waals surface area contributed by atoms with Crippen molar-refractivity contribution in [2.24, 2.45) is 7.05 Å². The summed E-state index contributed by atoms with van der Waals surface area (Å²) >= 11 is 4.07. The number of thioether (sulfide) groups is 2. The molecule has 0 bridgehead atoms. The minimum Gasteiger partial charge on any atom is -0.481 e. The van der Waals surface area contributed by atoms with Crippen molar-refractivity contribution in [3.8, 4) is 0 Å². The van der Waals surface area contributed by atoms with Gasteiger partial charge in [-0.05, 0) is 17.0 Å². The average Bonchev–Trinajstić information content (AvgIpc) is 3.39. The number of amides is 2. The number of rotatable bonds is 9. The number of hydrogen-bond acceptors (Lipinski definition) is 9. The van der Waals surface area contributed by atoms with Crippen LogP contribution in [0.4, 0.5) is 0 Å². The third-order valence-electron chi connectivity index (χ3n) is 5.09. The van der Waals surface area contributed by atoms with Gasteiger partial charge in [-0.25, -0.2) is 4.79 Å². The number of thiophene rings is 1. The molecule has 2 atom stereocenters. The van der Waals surface area contributed by atoms with Crippen LogP contribution in [0, 0.1) is 0 Å². The van der Waals surface area contributed by atoms with Crippen LogP contribution in [0.3, 0.4) is 0 Å². The first-order valence-corrected chi connectivity index (χ1v) is 12.6. The fourth-order valence-corrected chi connectivity index (χ4v) is 6.62. The van der Waals surface area contributed by atoms with Crippen LogP contribution in [0.15, 0.2) is 33.9 Å². The number of nitrogens with zero attached hydrogens (tertiary/aromatic N) is 4. The minimum atomic E-state index is -1.21. The van der Waals surface area contributed by atoms with Crippen molar-refractivity contribution in [3.63, 3.8) is 0 Å². The van der Waals surface area contributed by atoms with E-state index in [0.717, 1.165) is 4.88 Å². The van der Waals surface area contributed by atoms with Crippen LogP contribution in [0.5, 0.6) is 0 Å². The van der Waals surface area contributed by atoms with Crippen LogP contribution in [0.25, 0.3) is 0 Å². The molecule has 2 aromatic heterocycles. The predicted octanol–water partition coefficient (Wildman–Crippen LogP) is 0.577. The van der Waals surface area contributed by atoms with Gasteiger partial charge in [-0.15, -0.1) is 33.3 Å². The molecule has 2 amide bonds. The van der Waals surface area contributed by atoms with Crippen LogP contribution in [-0.4, -0.2) is 76.6 Å².